The van der Waals surface area contributed by atoms with Crippen LogP contribution in [0, 0.1) is 12.7 Å². The van der Waals surface area contributed by atoms with Crippen molar-refractivity contribution < 1.29 is 23.4 Å². The molecule has 37 heavy (non-hydrogen) atoms. The molecule has 0 unspecified atom stereocenters. The fourth-order valence-corrected chi connectivity index (χ4v) is 4.44. The fraction of sp³-hybridized carbons (Fsp3) is 0.133. The van der Waals surface area contributed by atoms with E-state index < -0.39 is 0 Å². The van der Waals surface area contributed by atoms with Crippen molar-refractivity contribution in [3.05, 3.63) is 124 Å². The minimum Gasteiger partial charge on any atom is -0.872 e. The zero-order chi connectivity index (χ0) is 25.9. The summed E-state index contributed by atoms with van der Waals surface area (Å²) in [6, 6.07) is 24.0. The van der Waals surface area contributed by atoms with Gasteiger partial charge < -0.3 is 14.6 Å². The van der Waals surface area contributed by atoms with Gasteiger partial charge in [-0.1, -0.05) is 54.6 Å². The van der Waals surface area contributed by atoms with Crippen molar-refractivity contribution in [2.24, 2.45) is 0 Å². The third kappa shape index (κ3) is 4.76. The molecule has 5 aromatic rings. The Kier molecular flexibility index (Phi) is 6.60. The van der Waals surface area contributed by atoms with Crippen molar-refractivity contribution in [2.75, 3.05) is 7.11 Å². The molecule has 2 aromatic heterocycles. The van der Waals surface area contributed by atoms with Crippen LogP contribution < -0.4 is 24.5 Å². The second-order valence-electron chi connectivity index (χ2n) is 8.68. The van der Waals surface area contributed by atoms with Gasteiger partial charge >= 0.3 is 5.56 Å². The molecule has 3 aromatic carbocycles. The zero-order valence-corrected chi connectivity index (χ0v) is 20.5. The third-order valence-electron chi connectivity index (χ3n) is 6.31. The highest BCUT2D eigenvalue weighted by Crippen LogP contribution is 2.29. The highest BCUT2D eigenvalue weighted by molar-refractivity contribution is 5.61. The van der Waals surface area contributed by atoms with Gasteiger partial charge in [0.1, 0.15) is 19.0 Å². The van der Waals surface area contributed by atoms with Gasteiger partial charge in [-0.25, -0.2) is 9.18 Å². The summed E-state index contributed by atoms with van der Waals surface area (Å²) in [5.74, 6) is 0.559. The van der Waals surface area contributed by atoms with Crippen LogP contribution in [-0.2, 0) is 13.2 Å². The van der Waals surface area contributed by atoms with Crippen LogP contribution in [0.25, 0.3) is 16.9 Å². The van der Waals surface area contributed by atoms with Gasteiger partial charge in [-0.2, -0.15) is 8.97 Å². The van der Waals surface area contributed by atoms with Gasteiger partial charge in [0, 0.05) is 17.2 Å². The second-order valence-corrected chi connectivity index (χ2v) is 8.68. The minimum absolute atomic E-state index is 0.0666. The smallest absolute Gasteiger partial charge is 0.341 e. The summed E-state index contributed by atoms with van der Waals surface area (Å²) in [6.07, 6.45) is 1.90. The number of halogens is 1. The maximum Gasteiger partial charge on any atom is 0.341 e. The first kappa shape index (κ1) is 24.1. The Morgan fingerprint density at radius 1 is 0.946 bits per heavy atom. The Morgan fingerprint density at radius 3 is 2.46 bits per heavy atom. The number of hydrogen-bond donors (Lipinski definition) is 0. The van der Waals surface area contributed by atoms with Crippen molar-refractivity contribution in [2.45, 2.75) is 20.1 Å². The second kappa shape index (κ2) is 10.1. The fourth-order valence-electron chi connectivity index (χ4n) is 4.44. The molecule has 0 saturated heterocycles. The van der Waals surface area contributed by atoms with Gasteiger partial charge in [0.05, 0.1) is 18.9 Å². The van der Waals surface area contributed by atoms with Crippen LogP contribution in [0.4, 0.5) is 4.39 Å². The van der Waals surface area contributed by atoms with Gasteiger partial charge in [-0.15, -0.1) is 5.75 Å². The molecule has 0 bridgehead atoms. The average molecular weight is 497 g/mol. The van der Waals surface area contributed by atoms with Gasteiger partial charge in [-0.3, -0.25) is 0 Å². The first-order chi connectivity index (χ1) is 18.0. The molecule has 0 amide bonds. The lowest BCUT2D eigenvalue weighted by Gasteiger charge is -2.14. The molecule has 2 heterocycles. The molecule has 5 rings (SSSR count). The van der Waals surface area contributed by atoms with E-state index in [1.54, 1.807) is 55.0 Å². The molecular formula is C30H25FN2O4. The summed E-state index contributed by atoms with van der Waals surface area (Å²) in [4.78, 5) is 13.6. The SMILES string of the molecule is COc1cc(Cn2c(=O)c(C)c(-c3ccc([O-])cc3)[n+]3ccccc23)ccc1OCc1ccccc1F. The van der Waals surface area contributed by atoms with Gasteiger partial charge in [0.25, 0.3) is 5.65 Å². The molecule has 0 spiro atoms. The predicted octanol–water partition coefficient (Wildman–Crippen LogP) is 4.41. The number of pyridine rings is 1. The van der Waals surface area contributed by atoms with Crippen LogP contribution in [0.2, 0.25) is 0 Å². The molecule has 0 atom stereocenters. The molecule has 186 valence electrons. The maximum atomic E-state index is 14.0. The van der Waals surface area contributed by atoms with Crippen molar-refractivity contribution in [1.82, 2.24) is 4.57 Å². The Bertz CT molecular complexity index is 1640. The van der Waals surface area contributed by atoms with Crippen LogP contribution >= 0.6 is 0 Å². The summed E-state index contributed by atoms with van der Waals surface area (Å²) in [7, 11) is 1.54. The van der Waals surface area contributed by atoms with Crippen LogP contribution in [0.5, 0.6) is 17.2 Å². The van der Waals surface area contributed by atoms with E-state index in [1.807, 2.05) is 40.9 Å². The molecule has 0 aliphatic heterocycles. The van der Waals surface area contributed by atoms with E-state index in [-0.39, 0.29) is 23.7 Å². The monoisotopic (exact) mass is 496 g/mol. The molecule has 0 aliphatic carbocycles. The number of fused-ring (bicyclic) bond motifs is 1. The summed E-state index contributed by atoms with van der Waals surface area (Å²) in [6.45, 7) is 2.16. The number of nitrogens with zero attached hydrogens (tertiary/aromatic N) is 2. The Hall–Kier alpha value is -4.65. The van der Waals surface area contributed by atoms with Crippen molar-refractivity contribution in [3.8, 4) is 28.5 Å². The summed E-state index contributed by atoms with van der Waals surface area (Å²) in [5, 5.41) is 11.6. The standard InChI is InChI=1S/C30H25FN2O4/c1-20-29(22-11-13-24(34)14-12-22)32-16-6-5-9-28(32)33(30(20)35)18-21-10-15-26(27(17-21)36-2)37-19-23-7-3-4-8-25(23)31/h3-17H,18-19H2,1-2H3. The van der Waals surface area contributed by atoms with Crippen molar-refractivity contribution in [1.29, 1.82) is 0 Å². The highest BCUT2D eigenvalue weighted by Gasteiger charge is 2.22. The topological polar surface area (TPSA) is 67.6 Å². The first-order valence-corrected chi connectivity index (χ1v) is 11.8. The van der Waals surface area contributed by atoms with Gasteiger partial charge in [0.15, 0.2) is 17.2 Å². The van der Waals surface area contributed by atoms with Crippen LogP contribution in [0.15, 0.2) is 95.9 Å². The quantitative estimate of drug-likeness (QED) is 0.313. The number of ether oxygens (including phenoxy) is 2. The highest BCUT2D eigenvalue weighted by atomic mass is 19.1. The number of benzene rings is 3. The first-order valence-electron chi connectivity index (χ1n) is 11.8. The lowest BCUT2D eigenvalue weighted by molar-refractivity contribution is -0.504. The number of rotatable bonds is 7. The van der Waals surface area contributed by atoms with E-state index in [9.17, 15) is 14.3 Å². The molecule has 0 radical (unpaired) electrons. The van der Waals surface area contributed by atoms with Crippen LogP contribution in [0.3, 0.4) is 0 Å². The van der Waals surface area contributed by atoms with E-state index in [4.69, 9.17) is 9.47 Å². The lowest BCUT2D eigenvalue weighted by atomic mass is 10.1. The maximum absolute atomic E-state index is 14.0. The molecule has 0 N–H and O–H groups in total. The molecule has 7 heteroatoms. The Labute approximate surface area is 213 Å². The Morgan fingerprint density at radius 2 is 1.70 bits per heavy atom. The van der Waals surface area contributed by atoms with E-state index >= 15 is 0 Å². The van der Waals surface area contributed by atoms with E-state index in [0.717, 1.165) is 16.8 Å². The van der Waals surface area contributed by atoms with Gasteiger partial charge in [0.2, 0.25) is 0 Å². The zero-order valence-electron chi connectivity index (χ0n) is 20.5. The van der Waals surface area contributed by atoms with Crippen LogP contribution in [-0.4, -0.2) is 11.7 Å². The van der Waals surface area contributed by atoms with Crippen molar-refractivity contribution in [3.63, 3.8) is 0 Å². The van der Waals surface area contributed by atoms with E-state index in [1.165, 1.54) is 18.2 Å². The number of aromatic nitrogens is 2. The predicted molar refractivity (Wildman–Crippen MR) is 136 cm³/mol. The third-order valence-corrected chi connectivity index (χ3v) is 6.31. The van der Waals surface area contributed by atoms with Crippen molar-refractivity contribution >= 4 is 5.65 Å². The molecule has 0 saturated carbocycles. The molecule has 0 aliphatic rings. The molecular weight excluding hydrogens is 471 g/mol. The number of methoxy groups -OCH3 is 1. The normalized spacial score (nSPS) is 11.0. The average Bonchev–Trinajstić information content (AvgIpc) is 2.92. The summed E-state index contributed by atoms with van der Waals surface area (Å²) < 4.78 is 29.0. The van der Waals surface area contributed by atoms with E-state index in [0.29, 0.717) is 34.8 Å². The van der Waals surface area contributed by atoms with Gasteiger partial charge in [-0.05, 0) is 36.8 Å². The van der Waals surface area contributed by atoms with Crippen LogP contribution in [0.1, 0.15) is 16.7 Å². The largest absolute Gasteiger partial charge is 0.872 e. The molecule has 0 fully saturated rings. The minimum atomic E-state index is -0.329. The number of hydrogen-bond acceptors (Lipinski definition) is 4. The Balaban J connectivity index is 1.51. The lowest BCUT2D eigenvalue weighted by Crippen LogP contribution is -2.38. The molecule has 6 nitrogen and oxygen atoms in total. The van der Waals surface area contributed by atoms with E-state index in [2.05, 4.69) is 0 Å². The summed E-state index contributed by atoms with van der Waals surface area (Å²) >= 11 is 0. The summed E-state index contributed by atoms with van der Waals surface area (Å²) in [5.41, 5.74) is 3.96.